The molecular formula is C18H34N2O. The van der Waals surface area contributed by atoms with E-state index < -0.39 is 0 Å². The molecule has 122 valence electrons. The lowest BCUT2D eigenvalue weighted by Gasteiger charge is -2.42. The number of aliphatic hydroxyl groups is 1. The lowest BCUT2D eigenvalue weighted by Crippen LogP contribution is -2.50. The Kier molecular flexibility index (Phi) is 5.96. The highest BCUT2D eigenvalue weighted by Crippen LogP contribution is 2.30. The van der Waals surface area contributed by atoms with E-state index in [2.05, 4.69) is 10.2 Å². The van der Waals surface area contributed by atoms with Crippen LogP contribution in [0.4, 0.5) is 0 Å². The predicted molar refractivity (Wildman–Crippen MR) is 87.5 cm³/mol. The van der Waals surface area contributed by atoms with Gasteiger partial charge in [0, 0.05) is 31.2 Å². The first-order valence-electron chi connectivity index (χ1n) is 9.50. The molecule has 0 heterocycles. The molecule has 0 aliphatic heterocycles. The molecule has 21 heavy (non-hydrogen) atoms. The monoisotopic (exact) mass is 294 g/mol. The number of hydrogen-bond acceptors (Lipinski definition) is 3. The van der Waals surface area contributed by atoms with E-state index in [0.717, 1.165) is 25.2 Å². The van der Waals surface area contributed by atoms with Gasteiger partial charge in [-0.05, 0) is 38.5 Å². The first-order chi connectivity index (χ1) is 10.3. The van der Waals surface area contributed by atoms with Crippen molar-refractivity contribution in [3.05, 3.63) is 0 Å². The third kappa shape index (κ3) is 4.94. The Morgan fingerprint density at radius 2 is 1.33 bits per heavy atom. The van der Waals surface area contributed by atoms with Gasteiger partial charge in [-0.3, -0.25) is 4.90 Å². The minimum Gasteiger partial charge on any atom is -0.390 e. The summed E-state index contributed by atoms with van der Waals surface area (Å²) in [6.45, 7) is 1.69. The maximum absolute atomic E-state index is 10.5. The van der Waals surface area contributed by atoms with Gasteiger partial charge in [-0.2, -0.15) is 0 Å². The Balaban J connectivity index is 1.53. The van der Waals surface area contributed by atoms with Crippen LogP contribution in [0.1, 0.15) is 77.0 Å². The van der Waals surface area contributed by atoms with Gasteiger partial charge in [0.1, 0.15) is 0 Å². The number of hydrogen-bond donors (Lipinski definition) is 2. The fraction of sp³-hybridized carbons (Fsp3) is 1.00. The summed E-state index contributed by atoms with van der Waals surface area (Å²) in [5.74, 6) is 0. The van der Waals surface area contributed by atoms with E-state index in [4.69, 9.17) is 0 Å². The first kappa shape index (κ1) is 15.8. The van der Waals surface area contributed by atoms with Gasteiger partial charge >= 0.3 is 0 Å². The number of rotatable bonds is 7. The van der Waals surface area contributed by atoms with Gasteiger partial charge in [0.15, 0.2) is 0 Å². The summed E-state index contributed by atoms with van der Waals surface area (Å²) in [5.41, 5.74) is 0. The van der Waals surface area contributed by atoms with Crippen LogP contribution in [0.3, 0.4) is 0 Å². The molecule has 0 amide bonds. The SMILES string of the molecule is OC(CNC1CC1)CN(C1CCCCC1)C1CCCCC1. The smallest absolute Gasteiger partial charge is 0.0791 e. The fourth-order valence-electron chi connectivity index (χ4n) is 4.32. The number of nitrogens with zero attached hydrogens (tertiary/aromatic N) is 1. The number of aliphatic hydroxyl groups excluding tert-OH is 1. The summed E-state index contributed by atoms with van der Waals surface area (Å²) in [6.07, 6.45) is 16.3. The molecule has 3 rings (SSSR count). The normalized spacial score (nSPS) is 27.1. The van der Waals surface area contributed by atoms with Gasteiger partial charge in [-0.25, -0.2) is 0 Å². The lowest BCUT2D eigenvalue weighted by atomic mass is 9.88. The van der Waals surface area contributed by atoms with Crippen molar-refractivity contribution in [3.8, 4) is 0 Å². The van der Waals surface area contributed by atoms with E-state index in [1.165, 1.54) is 77.0 Å². The topological polar surface area (TPSA) is 35.5 Å². The maximum atomic E-state index is 10.5. The van der Waals surface area contributed by atoms with Crippen molar-refractivity contribution >= 4 is 0 Å². The van der Waals surface area contributed by atoms with Crippen LogP contribution in [-0.4, -0.2) is 47.3 Å². The van der Waals surface area contributed by atoms with E-state index in [1.807, 2.05) is 0 Å². The highest BCUT2D eigenvalue weighted by atomic mass is 16.3. The molecule has 3 heteroatoms. The molecular weight excluding hydrogens is 260 g/mol. The van der Waals surface area contributed by atoms with E-state index in [-0.39, 0.29) is 6.10 Å². The quantitative estimate of drug-likeness (QED) is 0.757. The van der Waals surface area contributed by atoms with Crippen molar-refractivity contribution in [2.45, 2.75) is 101 Å². The highest BCUT2D eigenvalue weighted by Gasteiger charge is 2.30. The molecule has 2 N–H and O–H groups in total. The molecule has 3 fully saturated rings. The molecule has 0 bridgehead atoms. The molecule has 0 spiro atoms. The van der Waals surface area contributed by atoms with Crippen LogP contribution < -0.4 is 5.32 Å². The van der Waals surface area contributed by atoms with Gasteiger partial charge in [-0.1, -0.05) is 38.5 Å². The van der Waals surface area contributed by atoms with Crippen LogP contribution in [0.2, 0.25) is 0 Å². The van der Waals surface area contributed by atoms with Crippen LogP contribution in [0.15, 0.2) is 0 Å². The second-order valence-electron chi connectivity index (χ2n) is 7.62. The van der Waals surface area contributed by atoms with Gasteiger partial charge in [0.2, 0.25) is 0 Å². The van der Waals surface area contributed by atoms with Crippen molar-refractivity contribution in [1.82, 2.24) is 10.2 Å². The Hall–Kier alpha value is -0.120. The van der Waals surface area contributed by atoms with E-state index in [1.54, 1.807) is 0 Å². The molecule has 3 aliphatic carbocycles. The second-order valence-corrected chi connectivity index (χ2v) is 7.62. The van der Waals surface area contributed by atoms with Crippen LogP contribution in [-0.2, 0) is 0 Å². The summed E-state index contributed by atoms with van der Waals surface area (Å²) in [4.78, 5) is 2.72. The Labute approximate surface area is 130 Å². The zero-order valence-electron chi connectivity index (χ0n) is 13.6. The van der Waals surface area contributed by atoms with Gasteiger partial charge in [-0.15, -0.1) is 0 Å². The zero-order valence-corrected chi connectivity index (χ0v) is 13.6. The molecule has 1 unspecified atom stereocenters. The molecule has 0 aromatic rings. The summed E-state index contributed by atoms with van der Waals surface area (Å²) < 4.78 is 0. The number of nitrogens with one attached hydrogen (secondary N) is 1. The molecule has 1 atom stereocenters. The molecule has 0 saturated heterocycles. The predicted octanol–water partition coefficient (Wildman–Crippen LogP) is 3.07. The van der Waals surface area contributed by atoms with Gasteiger partial charge in [0.05, 0.1) is 6.10 Å². The molecule has 0 aromatic carbocycles. The van der Waals surface area contributed by atoms with E-state index in [0.29, 0.717) is 6.04 Å². The Morgan fingerprint density at radius 3 is 1.81 bits per heavy atom. The molecule has 0 radical (unpaired) electrons. The molecule has 3 nitrogen and oxygen atoms in total. The van der Waals surface area contributed by atoms with Crippen molar-refractivity contribution in [2.24, 2.45) is 0 Å². The second kappa shape index (κ2) is 7.94. The minimum absolute atomic E-state index is 0.186. The van der Waals surface area contributed by atoms with Crippen LogP contribution >= 0.6 is 0 Å². The van der Waals surface area contributed by atoms with Gasteiger partial charge in [0.25, 0.3) is 0 Å². The fourth-order valence-corrected chi connectivity index (χ4v) is 4.32. The van der Waals surface area contributed by atoms with Crippen molar-refractivity contribution in [1.29, 1.82) is 0 Å². The van der Waals surface area contributed by atoms with Crippen LogP contribution in [0.25, 0.3) is 0 Å². The standard InChI is InChI=1S/C18H34N2O/c21-18(13-19-15-11-12-15)14-20(16-7-3-1-4-8-16)17-9-5-2-6-10-17/h15-19,21H,1-14H2. The molecule has 3 saturated carbocycles. The average Bonchev–Trinajstić information content (AvgIpc) is 3.37. The summed E-state index contributed by atoms with van der Waals surface area (Å²) in [7, 11) is 0. The van der Waals surface area contributed by atoms with Gasteiger partial charge < -0.3 is 10.4 Å². The van der Waals surface area contributed by atoms with E-state index >= 15 is 0 Å². The Morgan fingerprint density at radius 1 is 0.810 bits per heavy atom. The summed E-state index contributed by atoms with van der Waals surface area (Å²) in [5, 5.41) is 13.9. The van der Waals surface area contributed by atoms with E-state index in [9.17, 15) is 5.11 Å². The van der Waals surface area contributed by atoms with Crippen molar-refractivity contribution in [3.63, 3.8) is 0 Å². The lowest BCUT2D eigenvalue weighted by molar-refractivity contribution is 0.0294. The summed E-state index contributed by atoms with van der Waals surface area (Å²) in [6, 6.07) is 2.20. The summed E-state index contributed by atoms with van der Waals surface area (Å²) >= 11 is 0. The highest BCUT2D eigenvalue weighted by molar-refractivity contribution is 4.87. The van der Waals surface area contributed by atoms with Crippen LogP contribution in [0, 0.1) is 0 Å². The third-order valence-electron chi connectivity index (χ3n) is 5.73. The average molecular weight is 294 g/mol. The molecule has 0 aromatic heterocycles. The maximum Gasteiger partial charge on any atom is 0.0791 e. The minimum atomic E-state index is -0.186. The third-order valence-corrected chi connectivity index (χ3v) is 5.73. The van der Waals surface area contributed by atoms with Crippen molar-refractivity contribution in [2.75, 3.05) is 13.1 Å². The largest absolute Gasteiger partial charge is 0.390 e. The first-order valence-corrected chi connectivity index (χ1v) is 9.50. The Bertz CT molecular complexity index is 276. The molecule has 3 aliphatic rings. The van der Waals surface area contributed by atoms with Crippen LogP contribution in [0.5, 0.6) is 0 Å². The zero-order chi connectivity index (χ0) is 14.5. The van der Waals surface area contributed by atoms with Crippen molar-refractivity contribution < 1.29 is 5.11 Å².